The molecule has 0 bridgehead atoms. The van der Waals surface area contributed by atoms with Gasteiger partial charge in [-0.15, -0.1) is 0 Å². The highest BCUT2D eigenvalue weighted by Crippen LogP contribution is 2.19. The molecule has 0 aromatic heterocycles. The number of para-hydroxylation sites is 1. The lowest BCUT2D eigenvalue weighted by molar-refractivity contribution is -0.645. The fraction of sp³-hybridized carbons (Fsp3) is 0.263. The van der Waals surface area contributed by atoms with Crippen LogP contribution in [0.3, 0.4) is 0 Å². The molecular formula is C19H24N3O4+. The lowest BCUT2D eigenvalue weighted by atomic mass is 10.1. The highest BCUT2D eigenvalue weighted by Gasteiger charge is 2.14. The van der Waals surface area contributed by atoms with Gasteiger partial charge in [-0.25, -0.2) is 0 Å². The average Bonchev–Trinajstić information content (AvgIpc) is 2.66. The topological polar surface area (TPSA) is 93.3 Å². The molecule has 0 saturated heterocycles. The number of carbonyl (C=O) groups is 2. The lowest BCUT2D eigenvalue weighted by Crippen LogP contribution is -2.87. The summed E-state index contributed by atoms with van der Waals surface area (Å²) in [5, 5.41) is 7.44. The Morgan fingerprint density at radius 1 is 1.00 bits per heavy atom. The zero-order valence-electron chi connectivity index (χ0n) is 15.0. The predicted octanol–water partition coefficient (Wildman–Crippen LogP) is 1.10. The van der Waals surface area contributed by atoms with Crippen LogP contribution < -0.4 is 20.7 Å². The molecule has 2 aromatic rings. The van der Waals surface area contributed by atoms with Gasteiger partial charge in [0.25, 0.3) is 11.8 Å². The summed E-state index contributed by atoms with van der Waals surface area (Å²) in [6.45, 7) is 1.54. The van der Waals surface area contributed by atoms with Crippen molar-refractivity contribution in [2.75, 3.05) is 44.5 Å². The van der Waals surface area contributed by atoms with Crippen molar-refractivity contribution in [2.24, 2.45) is 0 Å². The summed E-state index contributed by atoms with van der Waals surface area (Å²) in [6, 6.07) is 13.9. The molecule has 0 spiro atoms. The number of amides is 2. The number of ether oxygens (including phenoxy) is 2. The first-order chi connectivity index (χ1) is 12.6. The van der Waals surface area contributed by atoms with Crippen LogP contribution in [-0.4, -0.2) is 45.7 Å². The number of rotatable bonds is 9. The third kappa shape index (κ3) is 5.87. The van der Waals surface area contributed by atoms with Gasteiger partial charge in [0.15, 0.2) is 6.54 Å². The minimum absolute atomic E-state index is 0.175. The van der Waals surface area contributed by atoms with E-state index in [1.165, 1.54) is 0 Å². The Bertz CT molecular complexity index is 732. The second kappa shape index (κ2) is 10.2. The summed E-state index contributed by atoms with van der Waals surface area (Å²) in [4.78, 5) is 24.6. The number of nitrogens with two attached hydrogens (primary N) is 1. The maximum absolute atomic E-state index is 12.6. The van der Waals surface area contributed by atoms with E-state index in [1.54, 1.807) is 62.8 Å². The molecular weight excluding hydrogens is 334 g/mol. The van der Waals surface area contributed by atoms with Crippen LogP contribution in [0.25, 0.3) is 0 Å². The van der Waals surface area contributed by atoms with E-state index in [0.717, 1.165) is 0 Å². The quantitative estimate of drug-likeness (QED) is 0.585. The number of anilines is 2. The lowest BCUT2D eigenvalue weighted by Gasteiger charge is -2.11. The van der Waals surface area contributed by atoms with Gasteiger partial charge in [0.1, 0.15) is 5.75 Å². The molecule has 0 unspecified atom stereocenters. The summed E-state index contributed by atoms with van der Waals surface area (Å²) >= 11 is 0. The van der Waals surface area contributed by atoms with Crippen molar-refractivity contribution in [3.05, 3.63) is 54.1 Å². The minimum atomic E-state index is -0.297. The van der Waals surface area contributed by atoms with Gasteiger partial charge in [-0.05, 0) is 36.4 Å². The number of carbonyl (C=O) groups excluding carboxylic acids is 2. The second-order valence-corrected chi connectivity index (χ2v) is 5.55. The van der Waals surface area contributed by atoms with Crippen molar-refractivity contribution in [1.29, 1.82) is 0 Å². The SMILES string of the molecule is COCC[NH2+]CC(=O)Nc1ccccc1C(=O)Nc1ccc(OC)cc1. The van der Waals surface area contributed by atoms with Crippen molar-refractivity contribution in [2.45, 2.75) is 0 Å². The van der Waals surface area contributed by atoms with Gasteiger partial charge in [-0.3, -0.25) is 9.59 Å². The average molecular weight is 358 g/mol. The van der Waals surface area contributed by atoms with Gasteiger partial charge in [0.05, 0.1) is 31.5 Å². The molecule has 0 fully saturated rings. The Balaban J connectivity index is 2.00. The molecule has 0 saturated carbocycles. The molecule has 0 aliphatic carbocycles. The fourth-order valence-corrected chi connectivity index (χ4v) is 2.30. The smallest absolute Gasteiger partial charge is 0.279 e. The van der Waals surface area contributed by atoms with E-state index in [2.05, 4.69) is 10.6 Å². The van der Waals surface area contributed by atoms with Crippen LogP contribution in [0.1, 0.15) is 10.4 Å². The minimum Gasteiger partial charge on any atom is -0.497 e. The van der Waals surface area contributed by atoms with Crippen LogP contribution in [-0.2, 0) is 9.53 Å². The molecule has 4 N–H and O–H groups in total. The summed E-state index contributed by atoms with van der Waals surface area (Å²) in [6.07, 6.45) is 0. The molecule has 2 aromatic carbocycles. The third-order valence-electron chi connectivity index (χ3n) is 3.65. The van der Waals surface area contributed by atoms with E-state index in [-0.39, 0.29) is 18.4 Å². The Labute approximate surface area is 152 Å². The van der Waals surface area contributed by atoms with E-state index < -0.39 is 0 Å². The Hall–Kier alpha value is -2.90. The number of nitrogens with one attached hydrogen (secondary N) is 2. The Morgan fingerprint density at radius 2 is 1.73 bits per heavy atom. The van der Waals surface area contributed by atoms with Gasteiger partial charge < -0.3 is 25.4 Å². The van der Waals surface area contributed by atoms with Crippen molar-refractivity contribution in [3.8, 4) is 5.75 Å². The molecule has 2 rings (SSSR count). The van der Waals surface area contributed by atoms with Crippen LogP contribution >= 0.6 is 0 Å². The van der Waals surface area contributed by atoms with Crippen molar-refractivity contribution in [1.82, 2.24) is 0 Å². The van der Waals surface area contributed by atoms with E-state index in [1.807, 2.05) is 5.32 Å². The summed E-state index contributed by atoms with van der Waals surface area (Å²) < 4.78 is 10.0. The first kappa shape index (κ1) is 19.4. The highest BCUT2D eigenvalue weighted by atomic mass is 16.5. The highest BCUT2D eigenvalue weighted by molar-refractivity contribution is 6.10. The molecule has 0 aliphatic heterocycles. The van der Waals surface area contributed by atoms with Crippen LogP contribution in [0.4, 0.5) is 11.4 Å². The predicted molar refractivity (Wildman–Crippen MR) is 99.6 cm³/mol. The molecule has 0 heterocycles. The number of quaternary nitrogens is 1. The molecule has 7 nitrogen and oxygen atoms in total. The van der Waals surface area contributed by atoms with Gasteiger partial charge in [0.2, 0.25) is 0 Å². The first-order valence-corrected chi connectivity index (χ1v) is 8.29. The third-order valence-corrected chi connectivity index (χ3v) is 3.65. The van der Waals surface area contributed by atoms with Crippen LogP contribution in [0.15, 0.2) is 48.5 Å². The van der Waals surface area contributed by atoms with Crippen LogP contribution in [0, 0.1) is 0 Å². The summed E-state index contributed by atoms with van der Waals surface area (Å²) in [7, 11) is 3.20. The Morgan fingerprint density at radius 3 is 2.42 bits per heavy atom. The van der Waals surface area contributed by atoms with Crippen molar-refractivity contribution < 1.29 is 24.4 Å². The van der Waals surface area contributed by atoms with E-state index in [0.29, 0.717) is 35.8 Å². The number of methoxy groups -OCH3 is 2. The number of hydrogen-bond donors (Lipinski definition) is 3. The van der Waals surface area contributed by atoms with Gasteiger partial charge >= 0.3 is 0 Å². The molecule has 2 amide bonds. The standard InChI is InChI=1S/C19H23N3O4/c1-25-12-11-20-13-18(23)22-17-6-4-3-5-16(17)19(24)21-14-7-9-15(26-2)10-8-14/h3-10,20H,11-13H2,1-2H3,(H,21,24)(H,22,23)/p+1. The Kier molecular flexibility index (Phi) is 7.60. The molecule has 0 aliphatic rings. The van der Waals surface area contributed by atoms with Crippen molar-refractivity contribution in [3.63, 3.8) is 0 Å². The number of hydrogen-bond acceptors (Lipinski definition) is 4. The van der Waals surface area contributed by atoms with Crippen molar-refractivity contribution >= 4 is 23.2 Å². The maximum Gasteiger partial charge on any atom is 0.279 e. The van der Waals surface area contributed by atoms with Gasteiger partial charge in [-0.1, -0.05) is 12.1 Å². The molecule has 26 heavy (non-hydrogen) atoms. The zero-order chi connectivity index (χ0) is 18.8. The molecule has 0 atom stereocenters. The van der Waals surface area contributed by atoms with Crippen LogP contribution in [0.2, 0.25) is 0 Å². The van der Waals surface area contributed by atoms with E-state index in [4.69, 9.17) is 9.47 Å². The molecule has 7 heteroatoms. The van der Waals surface area contributed by atoms with E-state index >= 15 is 0 Å². The zero-order valence-corrected chi connectivity index (χ0v) is 15.0. The summed E-state index contributed by atoms with van der Waals surface area (Å²) in [5.41, 5.74) is 1.52. The number of benzene rings is 2. The first-order valence-electron chi connectivity index (χ1n) is 8.29. The van der Waals surface area contributed by atoms with E-state index in [9.17, 15) is 9.59 Å². The molecule has 138 valence electrons. The normalized spacial score (nSPS) is 10.2. The largest absolute Gasteiger partial charge is 0.497 e. The maximum atomic E-state index is 12.6. The van der Waals surface area contributed by atoms with Gasteiger partial charge in [0, 0.05) is 12.8 Å². The fourth-order valence-electron chi connectivity index (χ4n) is 2.30. The second-order valence-electron chi connectivity index (χ2n) is 5.55. The summed E-state index contributed by atoms with van der Waals surface area (Å²) in [5.74, 6) is 0.237. The van der Waals surface area contributed by atoms with Crippen LogP contribution in [0.5, 0.6) is 5.75 Å². The monoisotopic (exact) mass is 358 g/mol. The van der Waals surface area contributed by atoms with Gasteiger partial charge in [-0.2, -0.15) is 0 Å². The molecule has 0 radical (unpaired) electrons.